The van der Waals surface area contributed by atoms with Gasteiger partial charge in [-0.2, -0.15) is 0 Å². The molecule has 0 spiro atoms. The van der Waals surface area contributed by atoms with Crippen LogP contribution in [0.5, 0.6) is 0 Å². The molecule has 0 bridgehead atoms. The summed E-state index contributed by atoms with van der Waals surface area (Å²) in [6, 6.07) is 12.8. The lowest BCUT2D eigenvalue weighted by Gasteiger charge is -2.05. The fourth-order valence-electron chi connectivity index (χ4n) is 2.08. The van der Waals surface area contributed by atoms with Gasteiger partial charge < -0.3 is 5.32 Å². The average molecular weight is 304 g/mol. The van der Waals surface area contributed by atoms with Crippen molar-refractivity contribution in [3.8, 4) is 0 Å². The fraction of sp³-hybridized carbons (Fsp3) is 0.0667. The average Bonchev–Trinajstić information content (AvgIpc) is 2.48. The van der Waals surface area contributed by atoms with Gasteiger partial charge in [-0.05, 0) is 30.3 Å². The Kier molecular flexibility index (Phi) is 3.42. The zero-order valence-electron chi connectivity index (χ0n) is 10.4. The van der Waals surface area contributed by atoms with Crippen molar-refractivity contribution < 1.29 is 4.79 Å². The third kappa shape index (κ3) is 2.28. The highest BCUT2D eigenvalue weighted by Gasteiger charge is 2.07. The van der Waals surface area contributed by atoms with E-state index in [0.717, 1.165) is 9.40 Å². The predicted octanol–water partition coefficient (Wildman–Crippen LogP) is 3.59. The smallest absolute Gasteiger partial charge is 0.239 e. The molecule has 5 heteroatoms. The summed E-state index contributed by atoms with van der Waals surface area (Å²) in [7, 11) is 0. The number of halogens is 1. The minimum atomic E-state index is -0.289. The van der Waals surface area contributed by atoms with Gasteiger partial charge in [-0.1, -0.05) is 12.1 Å². The summed E-state index contributed by atoms with van der Waals surface area (Å²) in [5, 5.41) is 3.97. The Morgan fingerprint density at radius 3 is 2.65 bits per heavy atom. The molecule has 0 saturated carbocycles. The molecule has 0 aliphatic rings. The van der Waals surface area contributed by atoms with E-state index in [2.05, 4.69) is 5.32 Å². The summed E-state index contributed by atoms with van der Waals surface area (Å²) in [5.74, 6) is -0.397. The molecule has 3 rings (SSSR count). The molecule has 1 heterocycles. The van der Waals surface area contributed by atoms with Gasteiger partial charge >= 0.3 is 0 Å². The van der Waals surface area contributed by atoms with E-state index in [1.165, 1.54) is 0 Å². The molecular formula is C15H10ClNO2S. The maximum atomic E-state index is 12.5. The van der Waals surface area contributed by atoms with E-state index in [-0.39, 0.29) is 17.2 Å². The van der Waals surface area contributed by atoms with Crippen LogP contribution in [0, 0.1) is 0 Å². The van der Waals surface area contributed by atoms with Crippen LogP contribution < -0.4 is 10.7 Å². The number of anilines is 1. The van der Waals surface area contributed by atoms with E-state index in [9.17, 15) is 9.59 Å². The molecule has 3 aromatic rings. The van der Waals surface area contributed by atoms with Gasteiger partial charge in [0, 0.05) is 25.9 Å². The second-order valence-electron chi connectivity index (χ2n) is 4.32. The van der Waals surface area contributed by atoms with Crippen molar-refractivity contribution in [3.05, 3.63) is 52.7 Å². The van der Waals surface area contributed by atoms with Crippen molar-refractivity contribution in [2.75, 3.05) is 11.2 Å². The normalized spacial score (nSPS) is 10.8. The van der Waals surface area contributed by atoms with Crippen molar-refractivity contribution in [1.82, 2.24) is 0 Å². The predicted molar refractivity (Wildman–Crippen MR) is 85.0 cm³/mol. The lowest BCUT2D eigenvalue weighted by molar-refractivity contribution is -0.113. The highest BCUT2D eigenvalue weighted by Crippen LogP contribution is 2.26. The third-order valence-electron chi connectivity index (χ3n) is 2.98. The SMILES string of the molecule is O=C(CCl)Nc1ccc2sc3ccccc3c(=O)c2c1. The van der Waals surface area contributed by atoms with Gasteiger partial charge in [0.15, 0.2) is 5.43 Å². The van der Waals surface area contributed by atoms with Crippen molar-refractivity contribution in [1.29, 1.82) is 0 Å². The minimum Gasteiger partial charge on any atom is -0.325 e. The number of hydrogen-bond donors (Lipinski definition) is 1. The molecule has 0 aliphatic heterocycles. The molecule has 0 saturated heterocycles. The maximum Gasteiger partial charge on any atom is 0.239 e. The topological polar surface area (TPSA) is 46.2 Å². The third-order valence-corrected chi connectivity index (χ3v) is 4.38. The number of carbonyl (C=O) groups excluding carboxylic acids is 1. The van der Waals surface area contributed by atoms with Crippen LogP contribution in [0.3, 0.4) is 0 Å². The first-order valence-electron chi connectivity index (χ1n) is 6.00. The number of fused-ring (bicyclic) bond motifs is 2. The fourth-order valence-corrected chi connectivity index (χ4v) is 3.19. The number of hydrogen-bond acceptors (Lipinski definition) is 3. The Bertz CT molecular complexity index is 873. The lowest BCUT2D eigenvalue weighted by Crippen LogP contribution is -2.12. The van der Waals surface area contributed by atoms with Gasteiger partial charge in [-0.3, -0.25) is 9.59 Å². The van der Waals surface area contributed by atoms with Crippen molar-refractivity contribution in [2.45, 2.75) is 0 Å². The van der Waals surface area contributed by atoms with E-state index in [1.807, 2.05) is 30.3 Å². The Morgan fingerprint density at radius 1 is 1.10 bits per heavy atom. The molecule has 2 aromatic carbocycles. The molecule has 20 heavy (non-hydrogen) atoms. The summed E-state index contributed by atoms with van der Waals surface area (Å²) >= 11 is 7.02. The lowest BCUT2D eigenvalue weighted by atomic mass is 10.1. The zero-order chi connectivity index (χ0) is 14.1. The molecule has 0 radical (unpaired) electrons. The van der Waals surface area contributed by atoms with Crippen LogP contribution >= 0.6 is 22.9 Å². The first-order chi connectivity index (χ1) is 9.69. The molecule has 0 fully saturated rings. The number of nitrogens with one attached hydrogen (secondary N) is 1. The number of alkyl halides is 1. The van der Waals surface area contributed by atoms with Crippen LogP contribution in [0.15, 0.2) is 47.3 Å². The quantitative estimate of drug-likeness (QED) is 0.581. The largest absolute Gasteiger partial charge is 0.325 e. The number of rotatable bonds is 2. The monoisotopic (exact) mass is 303 g/mol. The highest BCUT2D eigenvalue weighted by atomic mass is 35.5. The van der Waals surface area contributed by atoms with Gasteiger partial charge in [-0.25, -0.2) is 0 Å². The van der Waals surface area contributed by atoms with Gasteiger partial charge in [0.05, 0.1) is 0 Å². The number of amides is 1. The van der Waals surface area contributed by atoms with Crippen LogP contribution in [0.1, 0.15) is 0 Å². The molecule has 0 aliphatic carbocycles. The first-order valence-corrected chi connectivity index (χ1v) is 7.35. The molecule has 0 unspecified atom stereocenters. The van der Waals surface area contributed by atoms with Crippen LogP contribution in [0.25, 0.3) is 20.2 Å². The van der Waals surface area contributed by atoms with Crippen LogP contribution in [0.4, 0.5) is 5.69 Å². The van der Waals surface area contributed by atoms with Crippen LogP contribution in [-0.4, -0.2) is 11.8 Å². The van der Waals surface area contributed by atoms with Gasteiger partial charge in [-0.15, -0.1) is 22.9 Å². The summed E-state index contributed by atoms with van der Waals surface area (Å²) < 4.78 is 1.86. The van der Waals surface area contributed by atoms with E-state index in [4.69, 9.17) is 11.6 Å². The van der Waals surface area contributed by atoms with E-state index in [0.29, 0.717) is 16.5 Å². The Hall–Kier alpha value is -1.91. The van der Waals surface area contributed by atoms with Gasteiger partial charge in [0.2, 0.25) is 5.91 Å². The van der Waals surface area contributed by atoms with Crippen LogP contribution in [-0.2, 0) is 4.79 Å². The summed E-state index contributed by atoms with van der Waals surface area (Å²) in [6.07, 6.45) is 0. The van der Waals surface area contributed by atoms with E-state index >= 15 is 0 Å². The van der Waals surface area contributed by atoms with Crippen molar-refractivity contribution >= 4 is 54.7 Å². The summed E-state index contributed by atoms with van der Waals surface area (Å²) in [5.41, 5.74) is 0.569. The van der Waals surface area contributed by atoms with Crippen LogP contribution in [0.2, 0.25) is 0 Å². The second kappa shape index (κ2) is 5.23. The molecule has 3 nitrogen and oxygen atoms in total. The molecule has 100 valence electrons. The molecular weight excluding hydrogens is 294 g/mol. The second-order valence-corrected chi connectivity index (χ2v) is 5.67. The highest BCUT2D eigenvalue weighted by molar-refractivity contribution is 7.24. The maximum absolute atomic E-state index is 12.5. The molecule has 1 aromatic heterocycles. The summed E-state index contributed by atoms with van der Waals surface area (Å²) in [6.45, 7) is 0. The Balaban J connectivity index is 2.23. The van der Waals surface area contributed by atoms with E-state index < -0.39 is 0 Å². The van der Waals surface area contributed by atoms with E-state index in [1.54, 1.807) is 23.5 Å². The standard InChI is InChI=1S/C15H10ClNO2S/c16-8-14(18)17-9-5-6-13-11(7-9)15(19)10-3-1-2-4-12(10)20-13/h1-7H,8H2,(H,17,18). The molecule has 1 amide bonds. The van der Waals surface area contributed by atoms with Gasteiger partial charge in [0.25, 0.3) is 0 Å². The van der Waals surface area contributed by atoms with Crippen molar-refractivity contribution in [3.63, 3.8) is 0 Å². The Labute approximate surface area is 123 Å². The number of carbonyl (C=O) groups is 1. The Morgan fingerprint density at radius 2 is 1.85 bits per heavy atom. The molecule has 1 N–H and O–H groups in total. The number of benzene rings is 2. The zero-order valence-corrected chi connectivity index (χ0v) is 11.9. The minimum absolute atomic E-state index is 0.0173. The summed E-state index contributed by atoms with van der Waals surface area (Å²) in [4.78, 5) is 23.8. The first kappa shape index (κ1) is 13.1. The molecule has 0 atom stereocenters. The van der Waals surface area contributed by atoms with Gasteiger partial charge in [0.1, 0.15) is 5.88 Å². The van der Waals surface area contributed by atoms with Crippen molar-refractivity contribution in [2.24, 2.45) is 0 Å².